The molecule has 2 aromatic carbocycles. The molecule has 0 aromatic heterocycles. The van der Waals surface area contributed by atoms with Crippen LogP contribution in [0.1, 0.15) is 30.9 Å². The SMILES string of the molecule is CC1CCNCC1.Cc1ccc(Cl)cc1-c1cc(Cl)ccc1C. The van der Waals surface area contributed by atoms with Crippen LogP contribution in [0.25, 0.3) is 11.1 Å². The molecule has 0 bridgehead atoms. The van der Waals surface area contributed by atoms with E-state index in [0.717, 1.165) is 27.1 Å². The van der Waals surface area contributed by atoms with E-state index in [1.165, 1.54) is 37.1 Å². The lowest BCUT2D eigenvalue weighted by Gasteiger charge is -2.17. The Bertz CT molecular complexity index is 597. The molecule has 0 atom stereocenters. The van der Waals surface area contributed by atoms with Gasteiger partial charge in [0.25, 0.3) is 0 Å². The van der Waals surface area contributed by atoms with Crippen LogP contribution < -0.4 is 5.32 Å². The molecule has 1 saturated heterocycles. The van der Waals surface area contributed by atoms with Crippen LogP contribution >= 0.6 is 23.2 Å². The number of rotatable bonds is 1. The molecule has 0 unspecified atom stereocenters. The van der Waals surface area contributed by atoms with Gasteiger partial charge in [0.1, 0.15) is 0 Å². The van der Waals surface area contributed by atoms with E-state index in [0.29, 0.717) is 0 Å². The Morgan fingerprint density at radius 1 is 0.826 bits per heavy atom. The predicted octanol–water partition coefficient (Wildman–Crippen LogP) is 6.28. The van der Waals surface area contributed by atoms with Crippen LogP contribution in [-0.4, -0.2) is 13.1 Å². The van der Waals surface area contributed by atoms with E-state index < -0.39 is 0 Å². The monoisotopic (exact) mass is 349 g/mol. The number of nitrogens with one attached hydrogen (secondary N) is 1. The summed E-state index contributed by atoms with van der Waals surface area (Å²) in [5.74, 6) is 0.973. The summed E-state index contributed by atoms with van der Waals surface area (Å²) in [5, 5.41) is 4.82. The van der Waals surface area contributed by atoms with Crippen molar-refractivity contribution in [1.29, 1.82) is 0 Å². The van der Waals surface area contributed by atoms with Gasteiger partial charge in [-0.3, -0.25) is 0 Å². The van der Waals surface area contributed by atoms with Gasteiger partial charge < -0.3 is 5.32 Å². The minimum atomic E-state index is 0.750. The van der Waals surface area contributed by atoms with Crippen molar-refractivity contribution in [3.63, 3.8) is 0 Å². The lowest BCUT2D eigenvalue weighted by molar-refractivity contribution is 0.402. The first kappa shape index (κ1) is 18.3. The summed E-state index contributed by atoms with van der Waals surface area (Å²) < 4.78 is 0. The van der Waals surface area contributed by atoms with Crippen molar-refractivity contribution in [2.24, 2.45) is 5.92 Å². The van der Waals surface area contributed by atoms with Crippen LogP contribution in [0.5, 0.6) is 0 Å². The minimum absolute atomic E-state index is 0.750. The molecule has 1 nitrogen and oxygen atoms in total. The molecule has 1 fully saturated rings. The number of benzene rings is 2. The van der Waals surface area contributed by atoms with Gasteiger partial charge in [0, 0.05) is 10.0 Å². The molecule has 0 radical (unpaired) electrons. The lowest BCUT2D eigenvalue weighted by Crippen LogP contribution is -2.26. The molecule has 3 heteroatoms. The quantitative estimate of drug-likeness (QED) is 0.638. The maximum atomic E-state index is 6.03. The van der Waals surface area contributed by atoms with Gasteiger partial charge in [0.05, 0.1) is 0 Å². The molecule has 0 amide bonds. The van der Waals surface area contributed by atoms with Gasteiger partial charge >= 0.3 is 0 Å². The van der Waals surface area contributed by atoms with E-state index >= 15 is 0 Å². The van der Waals surface area contributed by atoms with Crippen molar-refractivity contribution in [2.45, 2.75) is 33.6 Å². The predicted molar refractivity (Wildman–Crippen MR) is 103 cm³/mol. The highest BCUT2D eigenvalue weighted by atomic mass is 35.5. The zero-order valence-electron chi connectivity index (χ0n) is 14.1. The Morgan fingerprint density at radius 3 is 1.61 bits per heavy atom. The molecule has 1 aliphatic heterocycles. The number of halogens is 2. The van der Waals surface area contributed by atoms with E-state index in [9.17, 15) is 0 Å². The first-order valence-electron chi connectivity index (χ1n) is 8.20. The third-order valence-electron chi connectivity index (χ3n) is 4.32. The van der Waals surface area contributed by atoms with Crippen LogP contribution in [0.3, 0.4) is 0 Å². The van der Waals surface area contributed by atoms with Crippen molar-refractivity contribution in [1.82, 2.24) is 5.32 Å². The highest BCUT2D eigenvalue weighted by Crippen LogP contribution is 2.31. The second kappa shape index (κ2) is 8.73. The number of hydrogen-bond acceptors (Lipinski definition) is 1. The van der Waals surface area contributed by atoms with Gasteiger partial charge in [-0.15, -0.1) is 0 Å². The zero-order chi connectivity index (χ0) is 16.8. The van der Waals surface area contributed by atoms with Crippen molar-refractivity contribution in [3.8, 4) is 11.1 Å². The highest BCUT2D eigenvalue weighted by molar-refractivity contribution is 6.31. The van der Waals surface area contributed by atoms with E-state index in [1.807, 2.05) is 36.4 Å². The summed E-state index contributed by atoms with van der Waals surface area (Å²) in [6.45, 7) is 8.95. The molecule has 23 heavy (non-hydrogen) atoms. The summed E-state index contributed by atoms with van der Waals surface area (Å²) >= 11 is 12.1. The maximum Gasteiger partial charge on any atom is 0.0412 e. The maximum absolute atomic E-state index is 6.03. The normalized spacial score (nSPS) is 15.0. The van der Waals surface area contributed by atoms with Gasteiger partial charge in [0.2, 0.25) is 0 Å². The Morgan fingerprint density at radius 2 is 1.26 bits per heavy atom. The van der Waals surface area contributed by atoms with Gasteiger partial charge in [-0.1, -0.05) is 42.3 Å². The van der Waals surface area contributed by atoms with E-state index in [4.69, 9.17) is 23.2 Å². The molecule has 2 aromatic rings. The fraction of sp³-hybridized carbons (Fsp3) is 0.400. The second-order valence-corrected chi connectivity index (χ2v) is 7.22. The summed E-state index contributed by atoms with van der Waals surface area (Å²) in [4.78, 5) is 0. The molecule has 124 valence electrons. The second-order valence-electron chi connectivity index (χ2n) is 6.35. The zero-order valence-corrected chi connectivity index (χ0v) is 15.6. The average Bonchev–Trinajstić information content (AvgIpc) is 2.54. The fourth-order valence-electron chi connectivity index (χ4n) is 2.74. The van der Waals surface area contributed by atoms with Crippen molar-refractivity contribution >= 4 is 23.2 Å². The molecule has 1 heterocycles. The smallest absolute Gasteiger partial charge is 0.0412 e. The molecule has 1 aliphatic rings. The van der Waals surface area contributed by atoms with Crippen LogP contribution in [0, 0.1) is 19.8 Å². The number of piperidine rings is 1. The van der Waals surface area contributed by atoms with Crippen LogP contribution in [-0.2, 0) is 0 Å². The average molecular weight is 350 g/mol. The Balaban J connectivity index is 0.000000229. The Hall–Kier alpha value is -1.02. The van der Waals surface area contributed by atoms with Crippen LogP contribution in [0.4, 0.5) is 0 Å². The van der Waals surface area contributed by atoms with Gasteiger partial charge in [-0.05, 0) is 92.2 Å². The fourth-order valence-corrected chi connectivity index (χ4v) is 3.08. The molecule has 0 aliphatic carbocycles. The number of hydrogen-bond donors (Lipinski definition) is 1. The molecule has 3 rings (SSSR count). The lowest BCUT2D eigenvalue weighted by atomic mass is 9.97. The third kappa shape index (κ3) is 5.53. The Labute approximate surface area is 150 Å². The Kier molecular flexibility index (Phi) is 6.95. The molecular formula is C20H25Cl2N. The van der Waals surface area contributed by atoms with Crippen LogP contribution in [0.15, 0.2) is 36.4 Å². The molecule has 1 N–H and O–H groups in total. The van der Waals surface area contributed by atoms with Gasteiger partial charge in [-0.25, -0.2) is 0 Å². The van der Waals surface area contributed by atoms with E-state index in [-0.39, 0.29) is 0 Å². The minimum Gasteiger partial charge on any atom is -0.317 e. The number of aryl methyl sites for hydroxylation is 2. The summed E-state index contributed by atoms with van der Waals surface area (Å²) in [7, 11) is 0. The summed E-state index contributed by atoms with van der Waals surface area (Å²) in [6.07, 6.45) is 2.75. The first-order valence-corrected chi connectivity index (χ1v) is 8.96. The summed E-state index contributed by atoms with van der Waals surface area (Å²) in [5.41, 5.74) is 4.70. The third-order valence-corrected chi connectivity index (χ3v) is 4.79. The first-order chi connectivity index (χ1) is 11.0. The van der Waals surface area contributed by atoms with Crippen molar-refractivity contribution in [2.75, 3.05) is 13.1 Å². The van der Waals surface area contributed by atoms with Gasteiger partial charge in [-0.2, -0.15) is 0 Å². The van der Waals surface area contributed by atoms with E-state index in [2.05, 4.69) is 26.1 Å². The van der Waals surface area contributed by atoms with Crippen molar-refractivity contribution in [3.05, 3.63) is 57.6 Å². The molecular weight excluding hydrogens is 325 g/mol. The van der Waals surface area contributed by atoms with Crippen molar-refractivity contribution < 1.29 is 0 Å². The highest BCUT2D eigenvalue weighted by Gasteiger charge is 2.06. The van der Waals surface area contributed by atoms with Crippen LogP contribution in [0.2, 0.25) is 10.0 Å². The summed E-state index contributed by atoms with van der Waals surface area (Å²) in [6, 6.07) is 11.8. The van der Waals surface area contributed by atoms with E-state index in [1.54, 1.807) is 0 Å². The molecule has 0 saturated carbocycles. The largest absolute Gasteiger partial charge is 0.317 e. The topological polar surface area (TPSA) is 12.0 Å². The standard InChI is InChI=1S/C14H12Cl2.C6H13N/c1-9-3-5-11(15)7-13(9)14-8-12(16)6-4-10(14)2;1-6-2-4-7-5-3-6/h3-8H,1-2H3;6-7H,2-5H2,1H3. The molecule has 0 spiro atoms. The van der Waals surface area contributed by atoms with Gasteiger partial charge in [0.15, 0.2) is 0 Å².